The third-order valence-electron chi connectivity index (χ3n) is 5.81. The van der Waals surface area contributed by atoms with Gasteiger partial charge in [-0.05, 0) is 42.7 Å². The van der Waals surface area contributed by atoms with E-state index in [-0.39, 0.29) is 18.1 Å². The van der Waals surface area contributed by atoms with Crippen LogP contribution >= 0.6 is 11.8 Å². The molecule has 1 N–H and O–H groups in total. The van der Waals surface area contributed by atoms with Crippen LogP contribution in [0.25, 0.3) is 0 Å². The van der Waals surface area contributed by atoms with Gasteiger partial charge >= 0.3 is 11.9 Å². The molecule has 172 valence electrons. The number of ether oxygens (including phenoxy) is 2. The molecule has 32 heavy (non-hydrogen) atoms. The van der Waals surface area contributed by atoms with Crippen LogP contribution in [0.2, 0.25) is 0 Å². The van der Waals surface area contributed by atoms with Gasteiger partial charge in [-0.1, -0.05) is 26.0 Å². The first kappa shape index (κ1) is 24.0. The third kappa shape index (κ3) is 4.75. The molecule has 1 aromatic rings. The fourth-order valence-corrected chi connectivity index (χ4v) is 4.88. The molecule has 6 nitrogen and oxygen atoms in total. The second-order valence-corrected chi connectivity index (χ2v) is 9.32. The van der Waals surface area contributed by atoms with Gasteiger partial charge in [-0.15, -0.1) is 0 Å². The zero-order valence-corrected chi connectivity index (χ0v) is 19.5. The van der Waals surface area contributed by atoms with E-state index in [1.807, 2.05) is 13.8 Å². The van der Waals surface area contributed by atoms with Gasteiger partial charge in [-0.2, -0.15) is 11.8 Å². The van der Waals surface area contributed by atoms with Gasteiger partial charge in [-0.3, -0.25) is 9.59 Å². The Labute approximate surface area is 191 Å². The summed E-state index contributed by atoms with van der Waals surface area (Å²) in [6, 6.07) is 5.83. The quantitative estimate of drug-likeness (QED) is 0.376. The van der Waals surface area contributed by atoms with Crippen molar-refractivity contribution in [1.29, 1.82) is 0 Å². The Morgan fingerprint density at radius 2 is 2.06 bits per heavy atom. The number of esters is 2. The molecule has 0 fully saturated rings. The fourth-order valence-electron chi connectivity index (χ4n) is 4.39. The summed E-state index contributed by atoms with van der Waals surface area (Å²) in [4.78, 5) is 39.0. The largest absolute Gasteiger partial charge is 0.468 e. The molecular formula is C24H28FNO5S. The van der Waals surface area contributed by atoms with E-state index in [0.717, 1.165) is 5.75 Å². The maximum Gasteiger partial charge on any atom is 0.336 e. The molecule has 0 radical (unpaired) electrons. The summed E-state index contributed by atoms with van der Waals surface area (Å²) in [6.07, 6.45) is 0.430. The first-order valence-corrected chi connectivity index (χ1v) is 11.8. The monoisotopic (exact) mass is 461 g/mol. The van der Waals surface area contributed by atoms with Gasteiger partial charge in [0.1, 0.15) is 18.3 Å². The zero-order valence-electron chi connectivity index (χ0n) is 18.7. The molecule has 0 aromatic heterocycles. The molecule has 0 unspecified atom stereocenters. The van der Waals surface area contributed by atoms with Crippen LogP contribution in [0.15, 0.2) is 46.8 Å². The molecule has 1 heterocycles. The van der Waals surface area contributed by atoms with Gasteiger partial charge in [0.2, 0.25) is 0 Å². The van der Waals surface area contributed by atoms with Crippen molar-refractivity contribution >= 4 is 29.5 Å². The van der Waals surface area contributed by atoms with Crippen LogP contribution in [0, 0.1) is 17.7 Å². The molecule has 0 saturated heterocycles. The lowest BCUT2D eigenvalue weighted by atomic mass is 9.69. The summed E-state index contributed by atoms with van der Waals surface area (Å²) in [5.41, 5.74) is 2.21. The molecule has 0 saturated carbocycles. The van der Waals surface area contributed by atoms with Crippen LogP contribution in [0.5, 0.6) is 0 Å². The third-order valence-corrected chi connectivity index (χ3v) is 6.67. The highest BCUT2D eigenvalue weighted by atomic mass is 32.2. The van der Waals surface area contributed by atoms with Crippen molar-refractivity contribution in [3.05, 3.63) is 58.2 Å². The number of nitrogens with one attached hydrogen (secondary N) is 1. The second kappa shape index (κ2) is 10.3. The SMILES string of the molecule is CCSCCOC(=O)C1=C(C)NC2=C(C(=O)[C@H](C(=O)OC)[C@H](C)C2)[C@H]1c1cccc(F)c1. The van der Waals surface area contributed by atoms with E-state index < -0.39 is 35.4 Å². The number of hydrogen-bond donors (Lipinski definition) is 1. The summed E-state index contributed by atoms with van der Waals surface area (Å²) in [7, 11) is 1.25. The van der Waals surface area contributed by atoms with Gasteiger partial charge < -0.3 is 14.8 Å². The lowest BCUT2D eigenvalue weighted by Gasteiger charge is -2.38. The molecule has 2 aliphatic rings. The number of benzene rings is 1. The minimum atomic E-state index is -0.978. The summed E-state index contributed by atoms with van der Waals surface area (Å²) in [6.45, 7) is 5.81. The van der Waals surface area contributed by atoms with Crippen molar-refractivity contribution in [2.75, 3.05) is 25.2 Å². The number of rotatable bonds is 7. The van der Waals surface area contributed by atoms with E-state index in [1.54, 1.807) is 24.8 Å². The Kier molecular flexibility index (Phi) is 7.77. The van der Waals surface area contributed by atoms with Crippen molar-refractivity contribution in [2.45, 2.75) is 33.1 Å². The first-order valence-electron chi connectivity index (χ1n) is 10.6. The Morgan fingerprint density at radius 1 is 1.31 bits per heavy atom. The number of dihydropyridines is 1. The Balaban J connectivity index is 2.07. The van der Waals surface area contributed by atoms with Gasteiger partial charge in [0.05, 0.1) is 12.7 Å². The van der Waals surface area contributed by atoms with Crippen LogP contribution < -0.4 is 5.32 Å². The molecule has 8 heteroatoms. The topological polar surface area (TPSA) is 81.7 Å². The molecule has 0 amide bonds. The molecule has 3 rings (SSSR count). The number of Topliss-reactive ketones (excluding diaryl/α,β-unsaturated/α-hetero) is 1. The number of carbonyl (C=O) groups is 3. The van der Waals surface area contributed by atoms with E-state index >= 15 is 0 Å². The van der Waals surface area contributed by atoms with E-state index in [4.69, 9.17) is 9.47 Å². The van der Waals surface area contributed by atoms with E-state index in [1.165, 1.54) is 25.3 Å². The second-order valence-electron chi connectivity index (χ2n) is 7.92. The Morgan fingerprint density at radius 3 is 2.72 bits per heavy atom. The van der Waals surface area contributed by atoms with Crippen LogP contribution in [-0.2, 0) is 23.9 Å². The maximum atomic E-state index is 14.2. The Hall–Kier alpha value is -2.61. The lowest BCUT2D eigenvalue weighted by molar-refractivity contribution is -0.151. The maximum absolute atomic E-state index is 14.2. The standard InChI is InChI=1S/C24H28FNO5S/c1-5-32-10-9-31-24(29)19-14(3)26-17-11-13(2)18(23(28)30-4)22(27)21(17)20(19)15-7-6-8-16(25)12-15/h6-8,12-13,18,20,26H,5,9-11H2,1-4H3/t13-,18-,20+/m1/s1. The normalized spacial score (nSPS) is 22.9. The average molecular weight is 462 g/mol. The summed E-state index contributed by atoms with van der Waals surface area (Å²) < 4.78 is 24.5. The van der Waals surface area contributed by atoms with Gasteiger partial charge in [0, 0.05) is 28.6 Å². The minimum absolute atomic E-state index is 0.228. The van der Waals surface area contributed by atoms with Crippen molar-refractivity contribution in [3.63, 3.8) is 0 Å². The van der Waals surface area contributed by atoms with Crippen LogP contribution in [0.4, 0.5) is 4.39 Å². The number of hydrogen-bond acceptors (Lipinski definition) is 7. The summed E-state index contributed by atoms with van der Waals surface area (Å²) in [5.74, 6) is -2.59. The Bertz CT molecular complexity index is 986. The molecule has 1 aliphatic carbocycles. The van der Waals surface area contributed by atoms with E-state index in [9.17, 15) is 18.8 Å². The molecule has 1 aromatic carbocycles. The van der Waals surface area contributed by atoms with Crippen molar-refractivity contribution in [2.24, 2.45) is 11.8 Å². The molecular weight excluding hydrogens is 433 g/mol. The van der Waals surface area contributed by atoms with Crippen molar-refractivity contribution < 1.29 is 28.2 Å². The van der Waals surface area contributed by atoms with Crippen molar-refractivity contribution in [1.82, 2.24) is 5.32 Å². The fraction of sp³-hybridized carbons (Fsp3) is 0.458. The highest BCUT2D eigenvalue weighted by Gasteiger charge is 2.47. The first-order chi connectivity index (χ1) is 15.3. The number of methoxy groups -OCH3 is 1. The number of halogens is 1. The summed E-state index contributed by atoms with van der Waals surface area (Å²) in [5, 5.41) is 3.19. The smallest absolute Gasteiger partial charge is 0.336 e. The van der Waals surface area contributed by atoms with Crippen LogP contribution in [0.1, 0.15) is 38.7 Å². The molecule has 3 atom stereocenters. The highest BCUT2D eigenvalue weighted by Crippen LogP contribution is 2.45. The highest BCUT2D eigenvalue weighted by molar-refractivity contribution is 7.99. The molecule has 1 aliphatic heterocycles. The average Bonchev–Trinajstić information content (AvgIpc) is 2.75. The van der Waals surface area contributed by atoms with Gasteiger partial charge in [0.25, 0.3) is 0 Å². The molecule has 0 bridgehead atoms. The van der Waals surface area contributed by atoms with E-state index in [0.29, 0.717) is 34.7 Å². The number of carbonyl (C=O) groups excluding carboxylic acids is 3. The van der Waals surface area contributed by atoms with Crippen molar-refractivity contribution in [3.8, 4) is 0 Å². The number of thioether (sulfide) groups is 1. The van der Waals surface area contributed by atoms with Gasteiger partial charge in [0.15, 0.2) is 5.78 Å². The predicted molar refractivity (Wildman–Crippen MR) is 120 cm³/mol. The van der Waals surface area contributed by atoms with Crippen LogP contribution in [0.3, 0.4) is 0 Å². The number of allylic oxidation sites excluding steroid dienone is 3. The predicted octanol–water partition coefficient (Wildman–Crippen LogP) is 3.74. The van der Waals surface area contributed by atoms with Gasteiger partial charge in [-0.25, -0.2) is 9.18 Å². The van der Waals surface area contributed by atoms with Crippen LogP contribution in [-0.4, -0.2) is 42.9 Å². The van der Waals surface area contributed by atoms with E-state index in [2.05, 4.69) is 5.32 Å². The number of ketones is 1. The minimum Gasteiger partial charge on any atom is -0.468 e. The zero-order chi connectivity index (χ0) is 23.4. The summed E-state index contributed by atoms with van der Waals surface area (Å²) >= 11 is 1.65. The lowest BCUT2D eigenvalue weighted by Crippen LogP contribution is -2.43. The molecule has 0 spiro atoms.